The summed E-state index contributed by atoms with van der Waals surface area (Å²) in [7, 11) is 1.56. The zero-order chi connectivity index (χ0) is 34.2. The summed E-state index contributed by atoms with van der Waals surface area (Å²) in [6.07, 6.45) is 8.37. The monoisotopic (exact) mass is 643 g/mol. The maximum atomic E-state index is 13.8. The van der Waals surface area contributed by atoms with Gasteiger partial charge in [0, 0.05) is 23.8 Å². The number of hydrogen-bond donors (Lipinski definition) is 1. The van der Waals surface area contributed by atoms with E-state index < -0.39 is 6.10 Å². The molecule has 0 radical (unpaired) electrons. The van der Waals surface area contributed by atoms with Crippen molar-refractivity contribution < 1.29 is 28.5 Å². The number of rotatable bonds is 8. The summed E-state index contributed by atoms with van der Waals surface area (Å²) in [5.41, 5.74) is 7.04. The fourth-order valence-corrected chi connectivity index (χ4v) is 12.4. The molecule has 4 fully saturated rings. The molecule has 5 aliphatic rings. The predicted octanol–water partition coefficient (Wildman–Crippen LogP) is 7.49. The maximum absolute atomic E-state index is 13.8. The van der Waals surface area contributed by atoms with Crippen molar-refractivity contribution in [3.63, 3.8) is 0 Å². The maximum Gasteiger partial charge on any atom is 0.309 e. The van der Waals surface area contributed by atoms with Crippen LogP contribution in [0.4, 0.5) is 0 Å². The number of esters is 2. The van der Waals surface area contributed by atoms with Gasteiger partial charge in [0.25, 0.3) is 0 Å². The van der Waals surface area contributed by atoms with Crippen LogP contribution in [0.3, 0.4) is 0 Å². The Morgan fingerprint density at radius 1 is 1.04 bits per heavy atom. The molecule has 5 rings (SSSR count). The number of carbonyl (C=O) groups excluding carboxylic acids is 2. The minimum Gasteiger partial charge on any atom is -0.469 e. The van der Waals surface area contributed by atoms with E-state index in [0.717, 1.165) is 38.5 Å². The average molecular weight is 644 g/mol. The molecule has 0 spiro atoms. The molecule has 13 atom stereocenters. The number of fused-ring (bicyclic) bond motifs is 3. The van der Waals surface area contributed by atoms with Gasteiger partial charge in [-0.2, -0.15) is 0 Å². The van der Waals surface area contributed by atoms with E-state index in [1.54, 1.807) is 7.11 Å². The zero-order valence-electron chi connectivity index (χ0n) is 31.0. The number of methoxy groups -OCH3 is 1. The number of allylic oxidation sites excluding steroid dienone is 1. The summed E-state index contributed by atoms with van der Waals surface area (Å²) in [5, 5.41) is 0. The molecule has 13 unspecified atom stereocenters. The molecule has 7 heteroatoms. The average Bonchev–Trinajstić information content (AvgIpc) is 2.96. The molecule has 0 aromatic rings. The molecule has 7 nitrogen and oxygen atoms in total. The minimum absolute atomic E-state index is 0.0202. The summed E-state index contributed by atoms with van der Waals surface area (Å²) in [6, 6.07) is -0.124. The van der Waals surface area contributed by atoms with Crippen molar-refractivity contribution in [3.05, 3.63) is 11.6 Å². The van der Waals surface area contributed by atoms with E-state index in [1.165, 1.54) is 12.5 Å². The van der Waals surface area contributed by atoms with E-state index in [1.807, 2.05) is 0 Å². The fraction of sp³-hybridized carbons (Fsp3) is 0.897. The Morgan fingerprint density at radius 2 is 1.72 bits per heavy atom. The van der Waals surface area contributed by atoms with Gasteiger partial charge in [-0.15, -0.1) is 0 Å². The quantitative estimate of drug-likeness (QED) is 0.216. The normalized spacial score (nSPS) is 46.4. The van der Waals surface area contributed by atoms with Crippen LogP contribution in [0.1, 0.15) is 121 Å². The molecular weight excluding hydrogens is 578 g/mol. The smallest absolute Gasteiger partial charge is 0.309 e. The largest absolute Gasteiger partial charge is 0.469 e. The van der Waals surface area contributed by atoms with Crippen LogP contribution >= 0.6 is 0 Å². The van der Waals surface area contributed by atoms with Crippen LogP contribution in [0, 0.1) is 56.7 Å². The highest BCUT2D eigenvalue weighted by molar-refractivity contribution is 5.75. The van der Waals surface area contributed by atoms with Crippen molar-refractivity contribution in [2.24, 2.45) is 62.4 Å². The topological polar surface area (TPSA) is 97.1 Å². The minimum atomic E-state index is -0.392. The van der Waals surface area contributed by atoms with Crippen molar-refractivity contribution in [1.29, 1.82) is 0 Å². The summed E-state index contributed by atoms with van der Waals surface area (Å²) in [5.74, 6) is 0.912. The third kappa shape index (κ3) is 5.14. The van der Waals surface area contributed by atoms with Gasteiger partial charge in [-0.25, -0.2) is 0 Å². The van der Waals surface area contributed by atoms with E-state index in [2.05, 4.69) is 75.3 Å². The standard InChI is InChI=1S/C39H65NO6/c1-22(2)19-35(8)17-18-37(10)27-13-14-30-36(9)21-44-25(6)39(30,28(27)15-16-38(37,11)32(35)34(42)43-12)20-29(46-26(7)41)33(36)45-24(5)31(40)23(3)4/h15,22-25,27,29-33H,13-14,16-21,40H2,1-12H3. The predicted molar refractivity (Wildman–Crippen MR) is 181 cm³/mol. The molecular formula is C39H65NO6. The molecule has 3 saturated carbocycles. The van der Waals surface area contributed by atoms with Crippen molar-refractivity contribution in [1.82, 2.24) is 0 Å². The lowest BCUT2D eigenvalue weighted by Gasteiger charge is -2.72. The Balaban J connectivity index is 1.61. The molecule has 1 heterocycles. The molecule has 0 aromatic heterocycles. The highest BCUT2D eigenvalue weighted by Crippen LogP contribution is 2.75. The second-order valence-electron chi connectivity index (χ2n) is 18.0. The lowest BCUT2D eigenvalue weighted by Crippen LogP contribution is -2.72. The molecule has 4 aliphatic carbocycles. The van der Waals surface area contributed by atoms with Gasteiger partial charge in [0.15, 0.2) is 0 Å². The summed E-state index contributed by atoms with van der Waals surface area (Å²) in [6.45, 7) is 24.7. The highest BCUT2D eigenvalue weighted by atomic mass is 16.6. The molecule has 1 aliphatic heterocycles. The second-order valence-corrected chi connectivity index (χ2v) is 18.0. The van der Waals surface area contributed by atoms with Crippen LogP contribution in [0.25, 0.3) is 0 Å². The van der Waals surface area contributed by atoms with Gasteiger partial charge in [0.05, 0.1) is 31.8 Å². The first-order valence-electron chi connectivity index (χ1n) is 18.3. The first-order chi connectivity index (χ1) is 21.3. The van der Waals surface area contributed by atoms with Crippen LogP contribution < -0.4 is 5.73 Å². The molecule has 2 bridgehead atoms. The third-order valence-electron chi connectivity index (χ3n) is 14.6. The Hall–Kier alpha value is -1.44. The van der Waals surface area contributed by atoms with E-state index in [0.29, 0.717) is 30.8 Å². The highest BCUT2D eigenvalue weighted by Gasteiger charge is 2.73. The van der Waals surface area contributed by atoms with Crippen molar-refractivity contribution in [3.8, 4) is 0 Å². The lowest BCUT2D eigenvalue weighted by atomic mass is 9.34. The molecule has 0 aromatic carbocycles. The molecule has 46 heavy (non-hydrogen) atoms. The first kappa shape index (κ1) is 35.9. The Morgan fingerprint density at radius 3 is 2.30 bits per heavy atom. The lowest BCUT2D eigenvalue weighted by molar-refractivity contribution is -0.292. The van der Waals surface area contributed by atoms with Crippen molar-refractivity contribution in [2.75, 3.05) is 13.7 Å². The van der Waals surface area contributed by atoms with Gasteiger partial charge in [0.1, 0.15) is 12.2 Å². The van der Waals surface area contributed by atoms with Crippen molar-refractivity contribution in [2.45, 2.75) is 152 Å². The van der Waals surface area contributed by atoms with Gasteiger partial charge in [-0.1, -0.05) is 67.0 Å². The molecule has 2 N–H and O–H groups in total. The van der Waals surface area contributed by atoms with Gasteiger partial charge in [0.2, 0.25) is 0 Å². The van der Waals surface area contributed by atoms with Crippen LogP contribution in [0.2, 0.25) is 0 Å². The Labute approximate surface area is 279 Å². The number of ether oxygens (including phenoxy) is 4. The molecule has 1 saturated heterocycles. The van der Waals surface area contributed by atoms with Crippen LogP contribution in [-0.2, 0) is 28.5 Å². The van der Waals surface area contributed by atoms with Gasteiger partial charge >= 0.3 is 11.9 Å². The van der Waals surface area contributed by atoms with E-state index >= 15 is 0 Å². The van der Waals surface area contributed by atoms with Gasteiger partial charge in [-0.05, 0) is 98.7 Å². The van der Waals surface area contributed by atoms with Crippen molar-refractivity contribution >= 4 is 11.9 Å². The fourth-order valence-electron chi connectivity index (χ4n) is 12.4. The van der Waals surface area contributed by atoms with Gasteiger partial charge < -0.3 is 24.7 Å². The van der Waals surface area contributed by atoms with Crippen LogP contribution in [-0.4, -0.2) is 56.1 Å². The van der Waals surface area contributed by atoms with E-state index in [4.69, 9.17) is 24.7 Å². The first-order valence-corrected chi connectivity index (χ1v) is 18.3. The summed E-state index contributed by atoms with van der Waals surface area (Å²) >= 11 is 0. The van der Waals surface area contributed by atoms with Crippen LogP contribution in [0.5, 0.6) is 0 Å². The van der Waals surface area contributed by atoms with E-state index in [9.17, 15) is 9.59 Å². The van der Waals surface area contributed by atoms with E-state index in [-0.39, 0.29) is 75.2 Å². The SMILES string of the molecule is COC(=O)C1C(C)(CC(C)C)CCC2(C)C3CCC4C5(C)COC(C)C4(CC(OC(C)=O)C5OC(C)C(N)C(C)C)C3=CCC12C. The molecule has 0 amide bonds. The summed E-state index contributed by atoms with van der Waals surface area (Å²) in [4.78, 5) is 26.5. The number of nitrogens with two attached hydrogens (primary N) is 1. The zero-order valence-corrected chi connectivity index (χ0v) is 31.0. The van der Waals surface area contributed by atoms with Gasteiger partial charge in [-0.3, -0.25) is 9.59 Å². The summed E-state index contributed by atoms with van der Waals surface area (Å²) < 4.78 is 25.6. The Kier molecular flexibility index (Phi) is 9.48. The number of carbonyl (C=O) groups is 2. The van der Waals surface area contributed by atoms with Crippen LogP contribution in [0.15, 0.2) is 11.6 Å². The Bertz CT molecular complexity index is 1210. The molecule has 262 valence electrons. The third-order valence-corrected chi connectivity index (χ3v) is 14.6. The second kappa shape index (κ2) is 12.2. The number of hydrogen-bond acceptors (Lipinski definition) is 7.